The summed E-state index contributed by atoms with van der Waals surface area (Å²) in [5.41, 5.74) is 0.863. The largest absolute Gasteiger partial charge is 0.354 e. The maximum atomic E-state index is 12.4. The number of hydrogen-bond acceptors (Lipinski definition) is 3. The number of benzene rings is 1. The fourth-order valence-corrected chi connectivity index (χ4v) is 3.62. The lowest BCUT2D eigenvalue weighted by molar-refractivity contribution is -0.123. The molecule has 1 aromatic carbocycles. The standard InChI is InChI=1S/C13H12ClN3O2/c14-6-1-2-8-9(3-6)16-12(19)13(8)4-7-10(17-13)5-15-11(7)18/h1-3,7,10,17H,4-5H2,(H,15,18)(H,16,19)/t7-,10-,13+/m1/s1. The van der Waals surface area contributed by atoms with Crippen molar-refractivity contribution < 1.29 is 9.59 Å². The molecule has 3 aliphatic heterocycles. The van der Waals surface area contributed by atoms with E-state index in [4.69, 9.17) is 11.6 Å². The summed E-state index contributed by atoms with van der Waals surface area (Å²) in [6.45, 7) is 0.585. The zero-order valence-electron chi connectivity index (χ0n) is 10.00. The first kappa shape index (κ1) is 11.3. The Labute approximate surface area is 114 Å². The molecule has 0 aliphatic carbocycles. The van der Waals surface area contributed by atoms with Crippen LogP contribution in [-0.2, 0) is 15.1 Å². The first-order valence-electron chi connectivity index (χ1n) is 6.27. The van der Waals surface area contributed by atoms with Gasteiger partial charge in [-0.2, -0.15) is 0 Å². The van der Waals surface area contributed by atoms with E-state index in [-0.39, 0.29) is 23.8 Å². The lowest BCUT2D eigenvalue weighted by Crippen LogP contribution is -2.47. The van der Waals surface area contributed by atoms with Crippen LogP contribution in [0.1, 0.15) is 12.0 Å². The van der Waals surface area contributed by atoms with Gasteiger partial charge < -0.3 is 10.6 Å². The molecule has 2 saturated heterocycles. The molecule has 19 heavy (non-hydrogen) atoms. The van der Waals surface area contributed by atoms with E-state index in [0.717, 1.165) is 11.3 Å². The summed E-state index contributed by atoms with van der Waals surface area (Å²) in [6, 6.07) is 5.42. The topological polar surface area (TPSA) is 70.2 Å². The molecule has 98 valence electrons. The van der Waals surface area contributed by atoms with Gasteiger partial charge in [0.2, 0.25) is 11.8 Å². The smallest absolute Gasteiger partial charge is 0.249 e. The van der Waals surface area contributed by atoms with Gasteiger partial charge in [-0.3, -0.25) is 14.9 Å². The Balaban J connectivity index is 1.81. The third-order valence-corrected chi connectivity index (χ3v) is 4.59. The van der Waals surface area contributed by atoms with Gasteiger partial charge in [-0.1, -0.05) is 17.7 Å². The second-order valence-corrected chi connectivity index (χ2v) is 5.79. The molecule has 0 saturated carbocycles. The fourth-order valence-electron chi connectivity index (χ4n) is 3.45. The maximum absolute atomic E-state index is 12.4. The van der Waals surface area contributed by atoms with Gasteiger partial charge in [0, 0.05) is 28.9 Å². The highest BCUT2D eigenvalue weighted by Crippen LogP contribution is 2.46. The fraction of sp³-hybridized carbons (Fsp3) is 0.385. The molecule has 1 spiro atoms. The summed E-state index contributed by atoms with van der Waals surface area (Å²) in [4.78, 5) is 24.1. The van der Waals surface area contributed by atoms with E-state index >= 15 is 0 Å². The molecular formula is C13H12ClN3O2. The Morgan fingerprint density at radius 1 is 1.32 bits per heavy atom. The monoisotopic (exact) mass is 277 g/mol. The first-order valence-corrected chi connectivity index (χ1v) is 6.65. The molecule has 4 rings (SSSR count). The molecular weight excluding hydrogens is 266 g/mol. The molecule has 2 amide bonds. The highest BCUT2D eigenvalue weighted by atomic mass is 35.5. The number of amides is 2. The van der Waals surface area contributed by atoms with Crippen molar-refractivity contribution >= 4 is 29.1 Å². The van der Waals surface area contributed by atoms with Gasteiger partial charge in [-0.05, 0) is 18.6 Å². The Morgan fingerprint density at radius 3 is 2.95 bits per heavy atom. The first-order chi connectivity index (χ1) is 9.10. The van der Waals surface area contributed by atoms with Gasteiger partial charge >= 0.3 is 0 Å². The average molecular weight is 278 g/mol. The predicted octanol–water partition coefficient (Wildman–Crippen LogP) is 0.595. The van der Waals surface area contributed by atoms with E-state index in [9.17, 15) is 9.59 Å². The predicted molar refractivity (Wildman–Crippen MR) is 69.8 cm³/mol. The van der Waals surface area contributed by atoms with E-state index in [2.05, 4.69) is 16.0 Å². The molecule has 3 aliphatic rings. The number of hydrogen-bond donors (Lipinski definition) is 3. The molecule has 2 fully saturated rings. The van der Waals surface area contributed by atoms with Crippen molar-refractivity contribution in [1.82, 2.24) is 10.6 Å². The highest BCUT2D eigenvalue weighted by Gasteiger charge is 2.58. The van der Waals surface area contributed by atoms with Crippen LogP contribution in [0.15, 0.2) is 18.2 Å². The molecule has 3 atom stereocenters. The van der Waals surface area contributed by atoms with E-state index in [1.165, 1.54) is 0 Å². The molecule has 5 nitrogen and oxygen atoms in total. The summed E-state index contributed by atoms with van der Waals surface area (Å²) in [5.74, 6) is -0.191. The number of fused-ring (bicyclic) bond motifs is 3. The second kappa shape index (κ2) is 3.49. The van der Waals surface area contributed by atoms with Crippen LogP contribution in [0.3, 0.4) is 0 Å². The quantitative estimate of drug-likeness (QED) is 0.650. The number of carbonyl (C=O) groups is 2. The van der Waals surface area contributed by atoms with Crippen molar-refractivity contribution in [2.75, 3.05) is 11.9 Å². The maximum Gasteiger partial charge on any atom is 0.249 e. The summed E-state index contributed by atoms with van der Waals surface area (Å²) in [6.07, 6.45) is 0.504. The molecule has 0 unspecified atom stereocenters. The van der Waals surface area contributed by atoms with Crippen LogP contribution in [0, 0.1) is 5.92 Å². The summed E-state index contributed by atoms with van der Waals surface area (Å²) < 4.78 is 0. The van der Waals surface area contributed by atoms with E-state index in [1.54, 1.807) is 12.1 Å². The Kier molecular flexibility index (Phi) is 2.07. The van der Waals surface area contributed by atoms with Gasteiger partial charge in [0.15, 0.2) is 0 Å². The molecule has 3 N–H and O–H groups in total. The third-order valence-electron chi connectivity index (χ3n) is 4.35. The van der Waals surface area contributed by atoms with Crippen molar-refractivity contribution in [3.05, 3.63) is 28.8 Å². The van der Waals surface area contributed by atoms with Gasteiger partial charge in [-0.25, -0.2) is 0 Å². The van der Waals surface area contributed by atoms with Crippen LogP contribution in [-0.4, -0.2) is 24.4 Å². The number of carbonyl (C=O) groups excluding carboxylic acids is 2. The van der Waals surface area contributed by atoms with Gasteiger partial charge in [0.1, 0.15) is 5.54 Å². The molecule has 6 heteroatoms. The van der Waals surface area contributed by atoms with Crippen LogP contribution < -0.4 is 16.0 Å². The SMILES string of the molecule is O=C1NC[C@H]2N[C@]3(C[C@@H]12)C(=O)Nc1cc(Cl)ccc13. The van der Waals surface area contributed by atoms with Crippen molar-refractivity contribution in [2.24, 2.45) is 5.92 Å². The number of anilines is 1. The van der Waals surface area contributed by atoms with E-state index < -0.39 is 5.54 Å². The Bertz CT molecular complexity index is 618. The summed E-state index contributed by atoms with van der Waals surface area (Å²) in [5, 5.41) is 9.61. The minimum atomic E-state index is -0.771. The van der Waals surface area contributed by atoms with E-state index in [1.807, 2.05) is 6.07 Å². The number of halogens is 1. The average Bonchev–Trinajstić information content (AvgIpc) is 2.97. The van der Waals surface area contributed by atoms with Crippen LogP contribution >= 0.6 is 11.6 Å². The van der Waals surface area contributed by atoms with Crippen molar-refractivity contribution in [3.8, 4) is 0 Å². The minimum absolute atomic E-state index is 0.0277. The van der Waals surface area contributed by atoms with Crippen LogP contribution in [0.5, 0.6) is 0 Å². The van der Waals surface area contributed by atoms with Crippen molar-refractivity contribution in [2.45, 2.75) is 18.0 Å². The second-order valence-electron chi connectivity index (χ2n) is 5.36. The van der Waals surface area contributed by atoms with E-state index in [0.29, 0.717) is 18.0 Å². The van der Waals surface area contributed by atoms with Gasteiger partial charge in [0.05, 0.1) is 5.92 Å². The summed E-state index contributed by atoms with van der Waals surface area (Å²) in [7, 11) is 0. The zero-order chi connectivity index (χ0) is 13.2. The number of rotatable bonds is 0. The van der Waals surface area contributed by atoms with Crippen LogP contribution in [0.25, 0.3) is 0 Å². The van der Waals surface area contributed by atoms with Gasteiger partial charge in [-0.15, -0.1) is 0 Å². The van der Waals surface area contributed by atoms with Crippen LogP contribution in [0.4, 0.5) is 5.69 Å². The molecule has 0 aromatic heterocycles. The highest BCUT2D eigenvalue weighted by molar-refractivity contribution is 6.31. The van der Waals surface area contributed by atoms with Gasteiger partial charge in [0.25, 0.3) is 0 Å². The minimum Gasteiger partial charge on any atom is -0.354 e. The van der Waals surface area contributed by atoms with Crippen molar-refractivity contribution in [3.63, 3.8) is 0 Å². The molecule has 3 heterocycles. The Morgan fingerprint density at radius 2 is 2.16 bits per heavy atom. The molecule has 1 aromatic rings. The lowest BCUT2D eigenvalue weighted by atomic mass is 9.86. The summed E-state index contributed by atoms with van der Waals surface area (Å²) >= 11 is 5.95. The Hall–Kier alpha value is -1.59. The normalized spacial score (nSPS) is 35.2. The van der Waals surface area contributed by atoms with Crippen molar-refractivity contribution in [1.29, 1.82) is 0 Å². The molecule has 0 radical (unpaired) electrons. The zero-order valence-corrected chi connectivity index (χ0v) is 10.8. The lowest BCUT2D eigenvalue weighted by Gasteiger charge is -2.23. The third kappa shape index (κ3) is 1.34. The number of nitrogens with one attached hydrogen (secondary N) is 3. The molecule has 0 bridgehead atoms. The van der Waals surface area contributed by atoms with Crippen LogP contribution in [0.2, 0.25) is 5.02 Å².